The van der Waals surface area contributed by atoms with Gasteiger partial charge in [0, 0.05) is 12.6 Å². The van der Waals surface area contributed by atoms with Crippen molar-refractivity contribution in [3.63, 3.8) is 0 Å². The lowest BCUT2D eigenvalue weighted by Crippen LogP contribution is -2.35. The molecule has 19 heavy (non-hydrogen) atoms. The molecular weight excluding hydrogens is 238 g/mol. The van der Waals surface area contributed by atoms with Crippen molar-refractivity contribution in [2.45, 2.75) is 57.6 Å². The van der Waals surface area contributed by atoms with E-state index in [1.54, 1.807) is 0 Å². The molecule has 1 aliphatic heterocycles. The Labute approximate surface area is 116 Å². The van der Waals surface area contributed by atoms with Crippen molar-refractivity contribution >= 4 is 0 Å². The minimum Gasteiger partial charge on any atom is -0.408 e. The molecule has 1 fully saturated rings. The molecule has 0 spiro atoms. The van der Waals surface area contributed by atoms with E-state index in [4.69, 9.17) is 9.57 Å². The quantitative estimate of drug-likeness (QED) is 0.689. The summed E-state index contributed by atoms with van der Waals surface area (Å²) >= 11 is 0. The Morgan fingerprint density at radius 2 is 2.11 bits per heavy atom. The Bertz CT molecular complexity index is 338. The first-order valence-electron chi connectivity index (χ1n) is 7.47. The van der Waals surface area contributed by atoms with Gasteiger partial charge < -0.3 is 9.57 Å². The molecule has 2 rings (SSSR count). The summed E-state index contributed by atoms with van der Waals surface area (Å²) in [5, 5.41) is 0. The number of rotatable bonds is 9. The summed E-state index contributed by atoms with van der Waals surface area (Å²) < 4.78 is 5.48. The molecule has 0 amide bonds. The van der Waals surface area contributed by atoms with Crippen LogP contribution in [-0.2, 0) is 4.74 Å². The molecule has 0 radical (unpaired) electrons. The first kappa shape index (κ1) is 14.4. The fraction of sp³-hybridized carbons (Fsp3) is 0.625. The van der Waals surface area contributed by atoms with Gasteiger partial charge in [-0.1, -0.05) is 38.0 Å². The van der Waals surface area contributed by atoms with Crippen LogP contribution >= 0.6 is 0 Å². The van der Waals surface area contributed by atoms with Gasteiger partial charge in [0.05, 0.1) is 6.10 Å². The summed E-state index contributed by atoms with van der Waals surface area (Å²) in [7, 11) is 0. The number of unbranched alkanes of at least 4 members (excludes halogenated alkanes) is 1. The van der Waals surface area contributed by atoms with Crippen LogP contribution < -0.4 is 10.3 Å². The fourth-order valence-electron chi connectivity index (χ4n) is 2.25. The molecule has 3 heteroatoms. The third-order valence-electron chi connectivity index (χ3n) is 3.62. The van der Waals surface area contributed by atoms with Crippen LogP contribution in [0, 0.1) is 0 Å². The second kappa shape index (κ2) is 8.18. The van der Waals surface area contributed by atoms with E-state index in [-0.39, 0.29) is 0 Å². The van der Waals surface area contributed by atoms with Crippen molar-refractivity contribution in [2.75, 3.05) is 6.61 Å². The van der Waals surface area contributed by atoms with Gasteiger partial charge in [0.15, 0.2) is 0 Å². The van der Waals surface area contributed by atoms with E-state index in [1.807, 2.05) is 30.3 Å². The van der Waals surface area contributed by atoms with E-state index in [0.717, 1.165) is 31.6 Å². The maximum Gasteiger partial charge on any atom is 0.147 e. The van der Waals surface area contributed by atoms with Crippen LogP contribution in [0.5, 0.6) is 5.75 Å². The molecule has 2 unspecified atom stereocenters. The summed E-state index contributed by atoms with van der Waals surface area (Å²) in [6.45, 7) is 3.17. The van der Waals surface area contributed by atoms with E-state index in [0.29, 0.717) is 12.1 Å². The zero-order valence-corrected chi connectivity index (χ0v) is 11.8. The highest BCUT2D eigenvalue weighted by atomic mass is 16.6. The highest BCUT2D eigenvalue weighted by Crippen LogP contribution is 2.19. The monoisotopic (exact) mass is 263 g/mol. The predicted octanol–water partition coefficient (Wildman–Crippen LogP) is 3.70. The number of nitrogens with one attached hydrogen (secondary N) is 1. The van der Waals surface area contributed by atoms with Crippen LogP contribution in [0.3, 0.4) is 0 Å². The maximum atomic E-state index is 5.66. The molecule has 2 atom stereocenters. The predicted molar refractivity (Wildman–Crippen MR) is 77.1 cm³/mol. The van der Waals surface area contributed by atoms with E-state index in [1.165, 1.54) is 19.3 Å². The number of hydroxylamine groups is 1. The number of hydrogen-bond donors (Lipinski definition) is 1. The largest absolute Gasteiger partial charge is 0.408 e. The van der Waals surface area contributed by atoms with Gasteiger partial charge in [0.2, 0.25) is 0 Å². The average molecular weight is 263 g/mol. The molecule has 1 aromatic rings. The van der Waals surface area contributed by atoms with Crippen LogP contribution in [0.15, 0.2) is 30.3 Å². The van der Waals surface area contributed by atoms with Crippen LogP contribution in [0.2, 0.25) is 0 Å². The van der Waals surface area contributed by atoms with Crippen molar-refractivity contribution in [1.82, 2.24) is 5.48 Å². The maximum absolute atomic E-state index is 5.66. The van der Waals surface area contributed by atoms with Gasteiger partial charge in [-0.15, -0.1) is 0 Å². The van der Waals surface area contributed by atoms with Crippen LogP contribution in [-0.4, -0.2) is 18.8 Å². The molecule has 1 saturated heterocycles. The smallest absolute Gasteiger partial charge is 0.147 e. The zero-order valence-electron chi connectivity index (χ0n) is 11.8. The van der Waals surface area contributed by atoms with Crippen LogP contribution in [0.25, 0.3) is 0 Å². The van der Waals surface area contributed by atoms with Gasteiger partial charge in [-0.2, -0.15) is 5.48 Å². The fourth-order valence-corrected chi connectivity index (χ4v) is 2.25. The second-order valence-corrected chi connectivity index (χ2v) is 5.23. The number of para-hydroxylation sites is 1. The Kier molecular flexibility index (Phi) is 6.18. The molecule has 1 heterocycles. The molecule has 1 N–H and O–H groups in total. The number of benzene rings is 1. The summed E-state index contributed by atoms with van der Waals surface area (Å²) in [6, 6.07) is 10.3. The van der Waals surface area contributed by atoms with Gasteiger partial charge in [0.25, 0.3) is 0 Å². The topological polar surface area (TPSA) is 30.5 Å². The summed E-state index contributed by atoms with van der Waals surface area (Å²) in [4.78, 5) is 5.66. The van der Waals surface area contributed by atoms with E-state index in [9.17, 15) is 0 Å². The summed E-state index contributed by atoms with van der Waals surface area (Å²) in [5.41, 5.74) is 3.22. The van der Waals surface area contributed by atoms with Crippen LogP contribution in [0.1, 0.15) is 45.4 Å². The van der Waals surface area contributed by atoms with Gasteiger partial charge in [-0.3, -0.25) is 0 Å². The number of ether oxygens (including phenoxy) is 1. The lowest BCUT2D eigenvalue weighted by molar-refractivity contribution is -0.0580. The van der Waals surface area contributed by atoms with Gasteiger partial charge in [-0.25, -0.2) is 0 Å². The lowest BCUT2D eigenvalue weighted by Gasteiger charge is -2.28. The molecule has 3 nitrogen and oxygen atoms in total. The van der Waals surface area contributed by atoms with E-state index < -0.39 is 0 Å². The highest BCUT2D eigenvalue weighted by Gasteiger charge is 2.20. The normalized spacial score (nSPS) is 19.7. The molecule has 0 aliphatic carbocycles. The molecule has 0 bridgehead atoms. The Morgan fingerprint density at radius 1 is 1.32 bits per heavy atom. The van der Waals surface area contributed by atoms with Crippen molar-refractivity contribution in [3.8, 4) is 5.75 Å². The lowest BCUT2D eigenvalue weighted by atomic mass is 10.0. The molecule has 0 aromatic heterocycles. The molecule has 1 aromatic carbocycles. The standard InChI is InChI=1S/C16H25NO2/c1-2-3-7-14(10-11-15-12-13-18-15)17-19-16-8-5-4-6-9-16/h4-6,8-9,14-15,17H,2-3,7,10-13H2,1H3. The van der Waals surface area contributed by atoms with Gasteiger partial charge >= 0.3 is 0 Å². The zero-order chi connectivity index (χ0) is 13.3. The van der Waals surface area contributed by atoms with Crippen molar-refractivity contribution < 1.29 is 9.57 Å². The minimum atomic E-state index is 0.421. The van der Waals surface area contributed by atoms with Crippen molar-refractivity contribution in [1.29, 1.82) is 0 Å². The van der Waals surface area contributed by atoms with Crippen molar-refractivity contribution in [2.24, 2.45) is 0 Å². The minimum absolute atomic E-state index is 0.421. The second-order valence-electron chi connectivity index (χ2n) is 5.23. The van der Waals surface area contributed by atoms with E-state index >= 15 is 0 Å². The van der Waals surface area contributed by atoms with Gasteiger partial charge in [-0.05, 0) is 37.8 Å². The number of hydrogen-bond acceptors (Lipinski definition) is 3. The first-order valence-corrected chi connectivity index (χ1v) is 7.47. The third kappa shape index (κ3) is 5.21. The van der Waals surface area contributed by atoms with Crippen molar-refractivity contribution in [3.05, 3.63) is 30.3 Å². The first-order chi connectivity index (χ1) is 9.38. The summed E-state index contributed by atoms with van der Waals surface area (Å²) in [5.74, 6) is 0.879. The Morgan fingerprint density at radius 3 is 2.74 bits per heavy atom. The molecule has 1 aliphatic rings. The SMILES string of the molecule is CCCCC(CCC1CCO1)NOc1ccccc1. The van der Waals surface area contributed by atoms with E-state index in [2.05, 4.69) is 12.4 Å². The Balaban J connectivity index is 1.72. The molecule has 0 saturated carbocycles. The third-order valence-corrected chi connectivity index (χ3v) is 3.62. The highest BCUT2D eigenvalue weighted by molar-refractivity contribution is 5.20. The Hall–Kier alpha value is -1.06. The van der Waals surface area contributed by atoms with Crippen LogP contribution in [0.4, 0.5) is 0 Å². The molecule has 106 valence electrons. The summed E-state index contributed by atoms with van der Waals surface area (Å²) in [6.07, 6.45) is 7.60. The van der Waals surface area contributed by atoms with Gasteiger partial charge in [0.1, 0.15) is 5.75 Å². The average Bonchev–Trinajstić information content (AvgIpc) is 2.40. The molecular formula is C16H25NO2.